The fourth-order valence-electron chi connectivity index (χ4n) is 2.85. The van der Waals surface area contributed by atoms with E-state index in [0.29, 0.717) is 6.54 Å². The van der Waals surface area contributed by atoms with Crippen molar-refractivity contribution in [1.82, 2.24) is 10.2 Å². The fraction of sp³-hybridized carbons (Fsp3) is 0.929. The first-order valence-corrected chi connectivity index (χ1v) is 7.50. The van der Waals surface area contributed by atoms with Crippen LogP contribution in [0.25, 0.3) is 0 Å². The Morgan fingerprint density at radius 1 is 1.15 bits per heavy atom. The van der Waals surface area contributed by atoms with Crippen LogP contribution in [0.3, 0.4) is 0 Å². The molecule has 4 atom stereocenters. The number of rotatable bonds is 8. The second-order valence-corrected chi connectivity index (χ2v) is 5.53. The van der Waals surface area contributed by atoms with Gasteiger partial charge in [-0.15, -0.1) is 0 Å². The standard InChI is InChI=1S/C14H28N2O4/c1-3-4-5-6-7-16-11(8-15-10(2)18)13(19)14(20)12(16)9-17/h11-14,17,19-20H,3-9H2,1-2H3,(H,15,18)/t11-,12-,13-,14-/m1/s1. The van der Waals surface area contributed by atoms with E-state index in [-0.39, 0.29) is 25.1 Å². The molecule has 0 bridgehead atoms. The summed E-state index contributed by atoms with van der Waals surface area (Å²) in [5.74, 6) is -0.162. The lowest BCUT2D eigenvalue weighted by Gasteiger charge is -2.29. The maximum absolute atomic E-state index is 11.0. The predicted molar refractivity (Wildman–Crippen MR) is 76.2 cm³/mol. The van der Waals surface area contributed by atoms with Crippen LogP contribution in [0.15, 0.2) is 0 Å². The molecule has 0 unspecified atom stereocenters. The Labute approximate surface area is 120 Å². The number of aliphatic hydroxyl groups excluding tert-OH is 3. The molecule has 0 saturated carbocycles. The summed E-state index contributed by atoms with van der Waals surface area (Å²) in [7, 11) is 0. The number of nitrogens with one attached hydrogen (secondary N) is 1. The molecular weight excluding hydrogens is 260 g/mol. The summed E-state index contributed by atoms with van der Waals surface area (Å²) in [4.78, 5) is 13.0. The maximum Gasteiger partial charge on any atom is 0.216 e. The molecule has 118 valence electrons. The van der Waals surface area contributed by atoms with Gasteiger partial charge in [-0.25, -0.2) is 0 Å². The molecule has 0 aromatic carbocycles. The predicted octanol–water partition coefficient (Wildman–Crippen LogP) is -0.530. The van der Waals surface area contributed by atoms with E-state index < -0.39 is 18.2 Å². The Morgan fingerprint density at radius 3 is 2.35 bits per heavy atom. The van der Waals surface area contributed by atoms with Crippen molar-refractivity contribution in [1.29, 1.82) is 0 Å². The van der Waals surface area contributed by atoms with Gasteiger partial charge in [0.2, 0.25) is 5.91 Å². The summed E-state index contributed by atoms with van der Waals surface area (Å²) in [6.07, 6.45) is 2.43. The summed E-state index contributed by atoms with van der Waals surface area (Å²) >= 11 is 0. The van der Waals surface area contributed by atoms with E-state index >= 15 is 0 Å². The molecule has 20 heavy (non-hydrogen) atoms. The molecule has 1 rings (SSSR count). The first kappa shape index (κ1) is 17.4. The zero-order valence-corrected chi connectivity index (χ0v) is 12.5. The number of hydrogen-bond acceptors (Lipinski definition) is 5. The summed E-state index contributed by atoms with van der Waals surface area (Å²) in [6, 6.07) is -0.793. The quantitative estimate of drug-likeness (QED) is 0.451. The highest BCUT2D eigenvalue weighted by atomic mass is 16.3. The van der Waals surface area contributed by atoms with Gasteiger partial charge in [0.1, 0.15) is 0 Å². The highest BCUT2D eigenvalue weighted by Gasteiger charge is 2.46. The van der Waals surface area contributed by atoms with E-state index in [4.69, 9.17) is 0 Å². The monoisotopic (exact) mass is 288 g/mol. The molecule has 1 saturated heterocycles. The molecule has 1 fully saturated rings. The van der Waals surface area contributed by atoms with E-state index in [1.54, 1.807) is 0 Å². The van der Waals surface area contributed by atoms with Gasteiger partial charge in [-0.2, -0.15) is 0 Å². The lowest BCUT2D eigenvalue weighted by molar-refractivity contribution is -0.119. The van der Waals surface area contributed by atoms with Gasteiger partial charge in [0.15, 0.2) is 0 Å². The number of nitrogens with zero attached hydrogens (tertiary/aromatic N) is 1. The maximum atomic E-state index is 11.0. The molecule has 6 heteroatoms. The Balaban J connectivity index is 2.62. The molecule has 0 aromatic rings. The molecule has 0 aromatic heterocycles. The minimum atomic E-state index is -0.968. The van der Waals surface area contributed by atoms with Crippen LogP contribution in [0.1, 0.15) is 39.5 Å². The van der Waals surface area contributed by atoms with Crippen LogP contribution in [-0.2, 0) is 4.79 Å². The third kappa shape index (κ3) is 4.41. The molecule has 1 amide bonds. The molecule has 0 spiro atoms. The van der Waals surface area contributed by atoms with Crippen LogP contribution in [0.4, 0.5) is 0 Å². The van der Waals surface area contributed by atoms with Crippen molar-refractivity contribution in [2.75, 3.05) is 19.7 Å². The minimum Gasteiger partial charge on any atom is -0.395 e. The number of amides is 1. The number of likely N-dealkylation sites (tertiary alicyclic amines) is 1. The van der Waals surface area contributed by atoms with Gasteiger partial charge < -0.3 is 20.6 Å². The fourth-order valence-corrected chi connectivity index (χ4v) is 2.85. The molecule has 4 N–H and O–H groups in total. The average Bonchev–Trinajstić information content (AvgIpc) is 2.64. The highest BCUT2D eigenvalue weighted by molar-refractivity contribution is 5.72. The van der Waals surface area contributed by atoms with Crippen molar-refractivity contribution in [3.8, 4) is 0 Å². The minimum absolute atomic E-state index is 0.162. The van der Waals surface area contributed by atoms with Crippen LogP contribution in [-0.4, -0.2) is 70.1 Å². The summed E-state index contributed by atoms with van der Waals surface area (Å²) in [6.45, 7) is 4.37. The highest BCUT2D eigenvalue weighted by Crippen LogP contribution is 2.25. The Hall–Kier alpha value is -0.690. The number of unbranched alkanes of at least 4 members (excludes halogenated alkanes) is 3. The lowest BCUT2D eigenvalue weighted by Crippen LogP contribution is -2.47. The van der Waals surface area contributed by atoms with Gasteiger partial charge in [0.25, 0.3) is 0 Å². The van der Waals surface area contributed by atoms with Crippen LogP contribution in [0.5, 0.6) is 0 Å². The van der Waals surface area contributed by atoms with Crippen molar-refractivity contribution in [2.45, 2.75) is 63.8 Å². The first-order valence-electron chi connectivity index (χ1n) is 7.50. The Morgan fingerprint density at radius 2 is 1.80 bits per heavy atom. The number of carbonyl (C=O) groups is 1. The van der Waals surface area contributed by atoms with Crippen molar-refractivity contribution in [3.05, 3.63) is 0 Å². The number of aliphatic hydroxyl groups is 3. The van der Waals surface area contributed by atoms with E-state index in [9.17, 15) is 20.1 Å². The third-order valence-electron chi connectivity index (χ3n) is 4.01. The van der Waals surface area contributed by atoms with Gasteiger partial charge >= 0.3 is 0 Å². The van der Waals surface area contributed by atoms with Crippen LogP contribution >= 0.6 is 0 Å². The second-order valence-electron chi connectivity index (χ2n) is 5.53. The Bertz CT molecular complexity index is 301. The van der Waals surface area contributed by atoms with Gasteiger partial charge in [0.05, 0.1) is 30.9 Å². The zero-order chi connectivity index (χ0) is 15.1. The molecule has 0 aliphatic carbocycles. The Kier molecular flexibility index (Phi) is 7.43. The number of hydrogen-bond donors (Lipinski definition) is 4. The smallest absolute Gasteiger partial charge is 0.216 e. The van der Waals surface area contributed by atoms with Crippen molar-refractivity contribution in [3.63, 3.8) is 0 Å². The zero-order valence-electron chi connectivity index (χ0n) is 12.5. The average molecular weight is 288 g/mol. The van der Waals surface area contributed by atoms with Gasteiger partial charge in [-0.05, 0) is 13.0 Å². The second kappa shape index (κ2) is 8.56. The van der Waals surface area contributed by atoms with Crippen LogP contribution < -0.4 is 5.32 Å². The van der Waals surface area contributed by atoms with Gasteiger partial charge in [0, 0.05) is 13.5 Å². The van der Waals surface area contributed by atoms with E-state index in [2.05, 4.69) is 12.2 Å². The molecule has 1 aliphatic rings. The van der Waals surface area contributed by atoms with Gasteiger partial charge in [-0.1, -0.05) is 26.2 Å². The van der Waals surface area contributed by atoms with Crippen molar-refractivity contribution in [2.24, 2.45) is 0 Å². The van der Waals surface area contributed by atoms with Gasteiger partial charge in [-0.3, -0.25) is 9.69 Å². The topological polar surface area (TPSA) is 93.0 Å². The molecule has 6 nitrogen and oxygen atoms in total. The largest absolute Gasteiger partial charge is 0.395 e. The molecule has 1 aliphatic heterocycles. The van der Waals surface area contributed by atoms with E-state index in [1.165, 1.54) is 6.92 Å². The van der Waals surface area contributed by atoms with Crippen LogP contribution in [0, 0.1) is 0 Å². The SMILES string of the molecule is CCCCCCN1[C@H](CO)[C@@H](O)[C@H](O)[C@H]1CNC(C)=O. The van der Waals surface area contributed by atoms with E-state index in [0.717, 1.165) is 25.7 Å². The summed E-state index contributed by atoms with van der Waals surface area (Å²) < 4.78 is 0. The molecule has 0 radical (unpaired) electrons. The third-order valence-corrected chi connectivity index (χ3v) is 4.01. The lowest BCUT2D eigenvalue weighted by atomic mass is 10.1. The van der Waals surface area contributed by atoms with Crippen LogP contribution in [0.2, 0.25) is 0 Å². The van der Waals surface area contributed by atoms with Crippen molar-refractivity contribution < 1.29 is 20.1 Å². The van der Waals surface area contributed by atoms with Crippen molar-refractivity contribution >= 4 is 5.91 Å². The normalized spacial score (nSPS) is 30.6. The molecular formula is C14H28N2O4. The first-order chi connectivity index (χ1) is 9.52. The number of carbonyl (C=O) groups excluding carboxylic acids is 1. The molecule has 1 heterocycles. The summed E-state index contributed by atoms with van der Waals surface area (Å²) in [5, 5.41) is 32.2. The van der Waals surface area contributed by atoms with E-state index in [1.807, 2.05) is 4.90 Å². The summed E-state index contributed by atoms with van der Waals surface area (Å²) in [5.41, 5.74) is 0.